The van der Waals surface area contributed by atoms with E-state index in [1.165, 1.54) is 0 Å². The Labute approximate surface area is 135 Å². The van der Waals surface area contributed by atoms with Crippen molar-refractivity contribution in [3.8, 4) is 0 Å². The maximum absolute atomic E-state index is 11.5. The monoisotopic (exact) mass is 305 g/mol. The highest BCUT2D eigenvalue weighted by molar-refractivity contribution is 5.94. The number of carbonyl (C=O) groups is 1. The second-order valence-electron chi connectivity index (χ2n) is 4.46. The van der Waals surface area contributed by atoms with Gasteiger partial charge < -0.3 is 10.6 Å². The first kappa shape index (κ1) is 22.3. The highest BCUT2D eigenvalue weighted by atomic mass is 16.1. The van der Waals surface area contributed by atoms with Crippen LogP contribution in [0.2, 0.25) is 0 Å². The van der Waals surface area contributed by atoms with Crippen LogP contribution in [-0.4, -0.2) is 39.3 Å². The molecule has 1 rings (SSSR count). The second kappa shape index (κ2) is 15.4. The fourth-order valence-electron chi connectivity index (χ4n) is 1.33. The van der Waals surface area contributed by atoms with Gasteiger partial charge in [0.1, 0.15) is 0 Å². The molecular weight excluding hydrogens is 274 g/mol. The van der Waals surface area contributed by atoms with Gasteiger partial charge in [0.25, 0.3) is 5.91 Å². The number of nitrogens with zero attached hydrogens (tertiary/aromatic N) is 1. The number of hydrogen-bond donors (Lipinski definition) is 2. The topological polar surface area (TPSA) is 53.5 Å². The smallest absolute Gasteiger partial charge is 0.251 e. The van der Waals surface area contributed by atoms with E-state index < -0.39 is 0 Å². The zero-order chi connectivity index (χ0) is 17.4. The summed E-state index contributed by atoms with van der Waals surface area (Å²) in [6.45, 7) is 13.0. The molecule has 1 aromatic rings. The van der Waals surface area contributed by atoms with Crippen LogP contribution in [0.25, 0.3) is 0 Å². The van der Waals surface area contributed by atoms with Gasteiger partial charge in [-0.25, -0.2) is 0 Å². The Hall–Kier alpha value is -1.94. The first-order valence-electron chi connectivity index (χ1n) is 7.58. The van der Waals surface area contributed by atoms with Gasteiger partial charge in [0.15, 0.2) is 0 Å². The van der Waals surface area contributed by atoms with Gasteiger partial charge in [-0.2, -0.15) is 0 Å². The van der Waals surface area contributed by atoms with Crippen molar-refractivity contribution >= 4 is 12.1 Å². The minimum Gasteiger partial charge on any atom is -0.351 e. The Kier molecular flexibility index (Phi) is 15.7. The van der Waals surface area contributed by atoms with E-state index in [2.05, 4.69) is 22.2 Å². The van der Waals surface area contributed by atoms with Crippen LogP contribution in [-0.2, 0) is 0 Å². The summed E-state index contributed by atoms with van der Waals surface area (Å²) in [5, 5.41) is 5.79. The molecule has 4 nitrogen and oxygen atoms in total. The number of rotatable bonds is 5. The summed E-state index contributed by atoms with van der Waals surface area (Å²) < 4.78 is 0. The number of carbonyl (C=O) groups excluding carboxylic acids is 1. The number of nitrogens with one attached hydrogen (secondary N) is 2. The first-order chi connectivity index (χ1) is 10.5. The number of aliphatic imine (C=N–C) groups is 1. The molecule has 0 atom stereocenters. The predicted molar refractivity (Wildman–Crippen MR) is 98.0 cm³/mol. The molecule has 0 spiro atoms. The highest BCUT2D eigenvalue weighted by Crippen LogP contribution is 2.02. The molecule has 0 aliphatic carbocycles. The molecular formula is C18H31N3O. The minimum absolute atomic E-state index is 0.0137. The van der Waals surface area contributed by atoms with Crippen LogP contribution in [0, 0.1) is 6.92 Å². The van der Waals surface area contributed by atoms with E-state index in [-0.39, 0.29) is 5.91 Å². The van der Waals surface area contributed by atoms with Crippen LogP contribution in [0.1, 0.15) is 36.7 Å². The summed E-state index contributed by atoms with van der Waals surface area (Å²) in [5.74, 6) is -0.0137. The third-order valence-electron chi connectivity index (χ3n) is 2.32. The van der Waals surface area contributed by atoms with Crippen molar-refractivity contribution in [2.24, 2.45) is 4.99 Å². The Morgan fingerprint density at radius 1 is 1.23 bits per heavy atom. The molecule has 0 fully saturated rings. The lowest BCUT2D eigenvalue weighted by Crippen LogP contribution is -2.30. The lowest BCUT2D eigenvalue weighted by Gasteiger charge is -2.04. The van der Waals surface area contributed by atoms with Crippen LogP contribution >= 0.6 is 0 Å². The zero-order valence-electron chi connectivity index (χ0n) is 14.9. The van der Waals surface area contributed by atoms with Crippen LogP contribution in [0.15, 0.2) is 41.4 Å². The largest absolute Gasteiger partial charge is 0.351 e. The molecule has 0 aromatic heterocycles. The molecule has 2 N–H and O–H groups in total. The van der Waals surface area contributed by atoms with E-state index in [1.807, 2.05) is 59.0 Å². The summed E-state index contributed by atoms with van der Waals surface area (Å²) in [4.78, 5) is 15.2. The van der Waals surface area contributed by atoms with Crippen molar-refractivity contribution in [2.75, 3.05) is 27.2 Å². The lowest BCUT2D eigenvalue weighted by molar-refractivity contribution is 0.0954. The Morgan fingerprint density at radius 3 is 2.14 bits per heavy atom. The average Bonchev–Trinajstić information content (AvgIpc) is 2.50. The fourth-order valence-corrected chi connectivity index (χ4v) is 1.33. The quantitative estimate of drug-likeness (QED) is 0.648. The number of aryl methyl sites for hydroxylation is 1. The second-order valence-corrected chi connectivity index (χ2v) is 4.46. The molecule has 0 saturated carbocycles. The molecule has 4 heteroatoms. The Bertz CT molecular complexity index is 436. The fraction of sp³-hybridized carbons (Fsp3) is 0.444. The molecule has 0 aliphatic rings. The molecule has 124 valence electrons. The lowest BCUT2D eigenvalue weighted by atomic mass is 10.1. The number of likely N-dealkylation sites (N-methyl/N-ethyl adjacent to an activating group) is 1. The molecule has 0 heterocycles. The first-order valence-corrected chi connectivity index (χ1v) is 7.58. The van der Waals surface area contributed by atoms with Gasteiger partial charge >= 0.3 is 0 Å². The highest BCUT2D eigenvalue weighted by Gasteiger charge is 2.02. The molecule has 0 bridgehead atoms. The van der Waals surface area contributed by atoms with E-state index in [9.17, 15) is 4.79 Å². The summed E-state index contributed by atoms with van der Waals surface area (Å²) in [6, 6.07) is 7.55. The van der Waals surface area contributed by atoms with Gasteiger partial charge in [-0.3, -0.25) is 9.79 Å². The molecule has 1 amide bonds. The third-order valence-corrected chi connectivity index (χ3v) is 2.32. The van der Waals surface area contributed by atoms with E-state index in [0.29, 0.717) is 12.1 Å². The SMILES string of the molecule is C=C(C)C=NC.CC.CNCCNC(=O)c1ccc(C)cc1. The summed E-state index contributed by atoms with van der Waals surface area (Å²) >= 11 is 0. The molecule has 0 radical (unpaired) electrons. The summed E-state index contributed by atoms with van der Waals surface area (Å²) in [7, 11) is 3.59. The van der Waals surface area contributed by atoms with Crippen molar-refractivity contribution in [1.82, 2.24) is 10.6 Å². The zero-order valence-corrected chi connectivity index (χ0v) is 14.9. The van der Waals surface area contributed by atoms with Crippen molar-refractivity contribution < 1.29 is 4.79 Å². The number of allylic oxidation sites excluding steroid dienone is 1. The molecule has 22 heavy (non-hydrogen) atoms. The third kappa shape index (κ3) is 13.1. The van der Waals surface area contributed by atoms with E-state index >= 15 is 0 Å². The minimum atomic E-state index is -0.0137. The van der Waals surface area contributed by atoms with Gasteiger partial charge in [-0.1, -0.05) is 38.1 Å². The molecule has 0 unspecified atom stereocenters. The Balaban J connectivity index is 0. The predicted octanol–water partition coefficient (Wildman–Crippen LogP) is 3.23. The normalized spacial score (nSPS) is 9.18. The molecule has 0 saturated heterocycles. The Morgan fingerprint density at radius 2 is 1.77 bits per heavy atom. The van der Waals surface area contributed by atoms with Crippen LogP contribution < -0.4 is 10.6 Å². The van der Waals surface area contributed by atoms with Crippen molar-refractivity contribution in [3.05, 3.63) is 47.5 Å². The standard InChI is InChI=1S/C11H16N2O.C5H9N.C2H6/c1-9-3-5-10(6-4-9)11(14)13-8-7-12-2;1-5(2)4-6-3;1-2/h3-6,12H,7-8H2,1-2H3,(H,13,14);4H,1H2,2-3H3;1-2H3. The van der Waals surface area contributed by atoms with Gasteiger partial charge in [0, 0.05) is 31.9 Å². The number of amides is 1. The molecule has 0 aliphatic heterocycles. The van der Waals surface area contributed by atoms with Crippen molar-refractivity contribution in [2.45, 2.75) is 27.7 Å². The average molecular weight is 305 g/mol. The van der Waals surface area contributed by atoms with Gasteiger partial charge in [0.2, 0.25) is 0 Å². The van der Waals surface area contributed by atoms with Gasteiger partial charge in [-0.05, 0) is 38.6 Å². The van der Waals surface area contributed by atoms with E-state index in [1.54, 1.807) is 13.3 Å². The summed E-state index contributed by atoms with van der Waals surface area (Å²) in [6.07, 6.45) is 1.72. The number of benzene rings is 1. The van der Waals surface area contributed by atoms with Gasteiger partial charge in [-0.15, -0.1) is 0 Å². The maximum Gasteiger partial charge on any atom is 0.251 e. The maximum atomic E-state index is 11.5. The van der Waals surface area contributed by atoms with Crippen LogP contribution in [0.3, 0.4) is 0 Å². The number of hydrogen-bond acceptors (Lipinski definition) is 3. The van der Waals surface area contributed by atoms with Gasteiger partial charge in [0.05, 0.1) is 0 Å². The van der Waals surface area contributed by atoms with Crippen LogP contribution in [0.5, 0.6) is 0 Å². The van der Waals surface area contributed by atoms with Crippen molar-refractivity contribution in [1.29, 1.82) is 0 Å². The van der Waals surface area contributed by atoms with E-state index in [4.69, 9.17) is 0 Å². The van der Waals surface area contributed by atoms with Crippen LogP contribution in [0.4, 0.5) is 0 Å². The molecule has 1 aromatic carbocycles. The van der Waals surface area contributed by atoms with E-state index in [0.717, 1.165) is 17.7 Å². The summed E-state index contributed by atoms with van der Waals surface area (Å²) in [5.41, 5.74) is 2.88. The van der Waals surface area contributed by atoms with Crippen molar-refractivity contribution in [3.63, 3.8) is 0 Å².